The van der Waals surface area contributed by atoms with Gasteiger partial charge in [0.15, 0.2) is 0 Å². The number of nitrogens with one attached hydrogen (secondary N) is 1. The van der Waals surface area contributed by atoms with Gasteiger partial charge in [0, 0.05) is 24.0 Å². The molecule has 1 amide bonds. The van der Waals surface area contributed by atoms with Crippen molar-refractivity contribution in [3.63, 3.8) is 0 Å². The van der Waals surface area contributed by atoms with Gasteiger partial charge in [0.1, 0.15) is 5.75 Å². The number of benzene rings is 1. The number of hydrogen-bond donors (Lipinski definition) is 1. The van der Waals surface area contributed by atoms with Crippen LogP contribution < -0.4 is 14.9 Å². The van der Waals surface area contributed by atoms with Crippen molar-refractivity contribution in [1.82, 2.24) is 9.88 Å². The van der Waals surface area contributed by atoms with Crippen molar-refractivity contribution >= 4 is 17.2 Å². The van der Waals surface area contributed by atoms with Crippen molar-refractivity contribution < 1.29 is 9.53 Å². The van der Waals surface area contributed by atoms with E-state index in [2.05, 4.69) is 5.32 Å². The minimum absolute atomic E-state index is 0.0186. The summed E-state index contributed by atoms with van der Waals surface area (Å²) >= 11 is 1.16. The lowest BCUT2D eigenvalue weighted by atomic mass is 10.1. The SMILES string of the molecule is CCOc1ccc(C(C)NC(=O)CCn2c(C)csc2=O)cc1. The van der Waals surface area contributed by atoms with Crippen molar-refractivity contribution in [2.75, 3.05) is 6.61 Å². The molecule has 0 radical (unpaired) electrons. The predicted molar refractivity (Wildman–Crippen MR) is 92.1 cm³/mol. The number of thiazole rings is 1. The monoisotopic (exact) mass is 334 g/mol. The van der Waals surface area contributed by atoms with Crippen LogP contribution in [0.5, 0.6) is 5.75 Å². The normalized spacial score (nSPS) is 12.0. The molecule has 0 bridgehead atoms. The lowest BCUT2D eigenvalue weighted by Gasteiger charge is -2.15. The fourth-order valence-electron chi connectivity index (χ4n) is 2.30. The highest BCUT2D eigenvalue weighted by Crippen LogP contribution is 2.17. The zero-order valence-corrected chi connectivity index (χ0v) is 14.5. The summed E-state index contributed by atoms with van der Waals surface area (Å²) in [6.07, 6.45) is 0.291. The van der Waals surface area contributed by atoms with E-state index in [1.54, 1.807) is 4.57 Å². The fourth-order valence-corrected chi connectivity index (χ4v) is 3.07. The zero-order valence-electron chi connectivity index (χ0n) is 13.7. The van der Waals surface area contributed by atoms with Gasteiger partial charge in [-0.05, 0) is 38.5 Å². The summed E-state index contributed by atoms with van der Waals surface area (Å²) in [4.78, 5) is 23.7. The molecule has 0 aliphatic rings. The van der Waals surface area contributed by atoms with E-state index in [4.69, 9.17) is 4.74 Å². The molecule has 1 N–H and O–H groups in total. The third kappa shape index (κ3) is 4.69. The molecule has 1 unspecified atom stereocenters. The van der Waals surface area contributed by atoms with E-state index in [9.17, 15) is 9.59 Å². The minimum Gasteiger partial charge on any atom is -0.494 e. The van der Waals surface area contributed by atoms with Gasteiger partial charge >= 0.3 is 4.87 Å². The number of nitrogens with zero attached hydrogens (tertiary/aromatic N) is 1. The summed E-state index contributed by atoms with van der Waals surface area (Å²) in [5.74, 6) is 0.756. The third-order valence-electron chi connectivity index (χ3n) is 3.61. The number of carbonyl (C=O) groups is 1. The highest BCUT2D eigenvalue weighted by Gasteiger charge is 2.11. The van der Waals surface area contributed by atoms with Crippen LogP contribution in [-0.2, 0) is 11.3 Å². The van der Waals surface area contributed by atoms with Gasteiger partial charge in [-0.3, -0.25) is 9.59 Å². The van der Waals surface area contributed by atoms with E-state index in [0.717, 1.165) is 28.3 Å². The van der Waals surface area contributed by atoms with Crippen LogP contribution in [0.25, 0.3) is 0 Å². The summed E-state index contributed by atoms with van der Waals surface area (Å²) in [5, 5.41) is 4.77. The first kappa shape index (κ1) is 17.3. The maximum atomic E-state index is 12.1. The van der Waals surface area contributed by atoms with Crippen LogP contribution in [0.3, 0.4) is 0 Å². The molecule has 0 saturated carbocycles. The van der Waals surface area contributed by atoms with Crippen LogP contribution in [0.1, 0.15) is 37.6 Å². The third-order valence-corrected chi connectivity index (χ3v) is 4.49. The molecule has 0 saturated heterocycles. The molecule has 2 aromatic rings. The Morgan fingerprint density at radius 1 is 1.35 bits per heavy atom. The number of amides is 1. The first-order chi connectivity index (χ1) is 11.0. The van der Waals surface area contributed by atoms with E-state index >= 15 is 0 Å². The van der Waals surface area contributed by atoms with Gasteiger partial charge in [-0.2, -0.15) is 0 Å². The first-order valence-corrected chi connectivity index (χ1v) is 8.56. The maximum absolute atomic E-state index is 12.1. The summed E-state index contributed by atoms with van der Waals surface area (Å²) < 4.78 is 7.04. The minimum atomic E-state index is -0.0847. The molecule has 0 spiro atoms. The molecule has 6 heteroatoms. The van der Waals surface area contributed by atoms with Crippen LogP contribution in [-0.4, -0.2) is 17.1 Å². The van der Waals surface area contributed by atoms with E-state index in [1.807, 2.05) is 50.4 Å². The molecule has 0 aliphatic heterocycles. The van der Waals surface area contributed by atoms with Crippen LogP contribution in [0.15, 0.2) is 34.4 Å². The second-order valence-electron chi connectivity index (χ2n) is 5.34. The van der Waals surface area contributed by atoms with Gasteiger partial charge in [-0.25, -0.2) is 0 Å². The highest BCUT2D eigenvalue weighted by molar-refractivity contribution is 7.07. The average molecular weight is 334 g/mol. The van der Waals surface area contributed by atoms with Gasteiger partial charge in [0.05, 0.1) is 12.6 Å². The largest absolute Gasteiger partial charge is 0.494 e. The van der Waals surface area contributed by atoms with Crippen LogP contribution in [0.2, 0.25) is 0 Å². The van der Waals surface area contributed by atoms with Crippen molar-refractivity contribution in [2.24, 2.45) is 0 Å². The Kier molecular flexibility index (Phi) is 5.98. The Labute approximate surface area is 139 Å². The van der Waals surface area contributed by atoms with Crippen LogP contribution >= 0.6 is 11.3 Å². The first-order valence-electron chi connectivity index (χ1n) is 7.68. The Hall–Kier alpha value is -2.08. The van der Waals surface area contributed by atoms with Gasteiger partial charge < -0.3 is 14.6 Å². The molecule has 1 aromatic carbocycles. The second kappa shape index (κ2) is 7.97. The molecule has 0 fully saturated rings. The molecule has 1 aromatic heterocycles. The van der Waals surface area contributed by atoms with Crippen LogP contribution in [0, 0.1) is 6.92 Å². The summed E-state index contributed by atoms with van der Waals surface area (Å²) in [6, 6.07) is 7.61. The van der Waals surface area contributed by atoms with E-state index in [-0.39, 0.29) is 16.8 Å². The zero-order chi connectivity index (χ0) is 16.8. The number of ether oxygens (including phenoxy) is 1. The number of aryl methyl sites for hydroxylation is 1. The van der Waals surface area contributed by atoms with E-state index < -0.39 is 0 Å². The summed E-state index contributed by atoms with van der Waals surface area (Å²) in [6.45, 7) is 6.80. The van der Waals surface area contributed by atoms with Gasteiger partial charge in [-0.1, -0.05) is 23.5 Å². The van der Waals surface area contributed by atoms with Gasteiger partial charge in [0.25, 0.3) is 0 Å². The molecular formula is C17H22N2O3S. The van der Waals surface area contributed by atoms with Crippen LogP contribution in [0.4, 0.5) is 0 Å². The van der Waals surface area contributed by atoms with Crippen molar-refractivity contribution in [3.8, 4) is 5.75 Å². The Bertz CT molecular complexity index is 703. The number of hydrogen-bond acceptors (Lipinski definition) is 4. The number of rotatable bonds is 7. The molecule has 1 atom stereocenters. The maximum Gasteiger partial charge on any atom is 0.307 e. The highest BCUT2D eigenvalue weighted by atomic mass is 32.1. The Balaban J connectivity index is 1.88. The molecular weight excluding hydrogens is 312 g/mol. The van der Waals surface area contributed by atoms with E-state index in [1.165, 1.54) is 0 Å². The number of carbonyl (C=O) groups excluding carboxylic acids is 1. The smallest absolute Gasteiger partial charge is 0.307 e. The van der Waals surface area contributed by atoms with Crippen molar-refractivity contribution in [2.45, 2.75) is 39.8 Å². The van der Waals surface area contributed by atoms with Crippen molar-refractivity contribution in [1.29, 1.82) is 0 Å². The molecule has 5 nitrogen and oxygen atoms in total. The van der Waals surface area contributed by atoms with Gasteiger partial charge in [0.2, 0.25) is 5.91 Å². The predicted octanol–water partition coefficient (Wildman–Crippen LogP) is 2.88. The Morgan fingerprint density at radius 3 is 2.61 bits per heavy atom. The lowest BCUT2D eigenvalue weighted by Crippen LogP contribution is -2.28. The molecule has 0 aliphatic carbocycles. The Morgan fingerprint density at radius 2 is 2.04 bits per heavy atom. The van der Waals surface area contributed by atoms with Gasteiger partial charge in [-0.15, -0.1) is 0 Å². The molecule has 2 rings (SSSR count). The second-order valence-corrected chi connectivity index (χ2v) is 6.16. The summed E-state index contributed by atoms with van der Waals surface area (Å²) in [5.41, 5.74) is 1.91. The quantitative estimate of drug-likeness (QED) is 0.847. The standard InChI is InChI=1S/C17H22N2O3S/c1-4-22-15-7-5-14(6-8-15)13(3)18-16(20)9-10-19-12(2)11-23-17(19)21/h5-8,11,13H,4,9-10H2,1-3H3,(H,18,20). The molecule has 1 heterocycles. The lowest BCUT2D eigenvalue weighted by molar-refractivity contribution is -0.121. The average Bonchev–Trinajstić information content (AvgIpc) is 2.85. The fraction of sp³-hybridized carbons (Fsp3) is 0.412. The number of aromatic nitrogens is 1. The van der Waals surface area contributed by atoms with E-state index in [0.29, 0.717) is 19.6 Å². The topological polar surface area (TPSA) is 60.3 Å². The van der Waals surface area contributed by atoms with Crippen molar-refractivity contribution in [3.05, 3.63) is 50.6 Å². The summed E-state index contributed by atoms with van der Waals surface area (Å²) in [7, 11) is 0. The molecule has 124 valence electrons. The molecule has 23 heavy (non-hydrogen) atoms.